The molecular weight excluding hydrogens is 695 g/mol. The van der Waals surface area contributed by atoms with Crippen LogP contribution < -0.4 is 0 Å². The van der Waals surface area contributed by atoms with Crippen LogP contribution >= 0.6 is 0 Å². The van der Waals surface area contributed by atoms with Crippen LogP contribution in [0.1, 0.15) is 30.9 Å². The highest BCUT2D eigenvalue weighted by Gasteiger charge is 2.22. The molecule has 10 aromatic rings. The van der Waals surface area contributed by atoms with Gasteiger partial charge in [0.1, 0.15) is 11.3 Å². The molecule has 0 bridgehead atoms. The zero-order valence-electron chi connectivity index (χ0n) is 31.9. The van der Waals surface area contributed by atoms with E-state index in [0.29, 0.717) is 5.82 Å². The standard InChI is InChI=1S/C53H39N3O/c1-3-42(47-34-46(37-21-13-7-14-22-37)54-53(55-47)38-23-15-8-16-24-38)52-44-29-27-41(33-51(44)57-50(52)4-2)56-48-30-26-39(35-17-9-5-10-18-35)31-45(48)43-28-25-40(32-49(43)56)36-19-11-6-12-20-36/h3,5-34H,4H2,1-2H3/b42-3-. The molecule has 0 saturated heterocycles. The predicted molar refractivity (Wildman–Crippen MR) is 236 cm³/mol. The van der Waals surface area contributed by atoms with Crippen molar-refractivity contribution in [3.05, 3.63) is 205 Å². The highest BCUT2D eigenvalue weighted by Crippen LogP contribution is 2.41. The molecule has 0 aliphatic carbocycles. The zero-order chi connectivity index (χ0) is 38.3. The molecular formula is C53H39N3O. The average molecular weight is 734 g/mol. The van der Waals surface area contributed by atoms with Crippen molar-refractivity contribution in [2.75, 3.05) is 0 Å². The number of benzene rings is 7. The topological polar surface area (TPSA) is 43.9 Å². The molecule has 3 heterocycles. The van der Waals surface area contributed by atoms with Gasteiger partial charge in [0.2, 0.25) is 0 Å². The molecule has 10 rings (SSSR count). The van der Waals surface area contributed by atoms with Crippen molar-refractivity contribution in [2.24, 2.45) is 0 Å². The zero-order valence-corrected chi connectivity index (χ0v) is 31.9. The maximum Gasteiger partial charge on any atom is 0.160 e. The molecule has 0 aliphatic heterocycles. The Kier molecular flexibility index (Phi) is 8.65. The van der Waals surface area contributed by atoms with Crippen molar-refractivity contribution in [1.29, 1.82) is 0 Å². The Morgan fingerprint density at radius 3 is 1.77 bits per heavy atom. The van der Waals surface area contributed by atoms with Crippen molar-refractivity contribution >= 4 is 38.3 Å². The summed E-state index contributed by atoms with van der Waals surface area (Å²) in [7, 11) is 0. The van der Waals surface area contributed by atoms with E-state index in [4.69, 9.17) is 14.4 Å². The van der Waals surface area contributed by atoms with Crippen LogP contribution in [-0.4, -0.2) is 14.5 Å². The average Bonchev–Trinajstić information content (AvgIpc) is 3.82. The Morgan fingerprint density at radius 2 is 1.12 bits per heavy atom. The van der Waals surface area contributed by atoms with Crippen LogP contribution in [0.2, 0.25) is 0 Å². The highest BCUT2D eigenvalue weighted by molar-refractivity contribution is 6.11. The second kappa shape index (κ2) is 14.4. The van der Waals surface area contributed by atoms with E-state index in [2.05, 4.69) is 170 Å². The molecule has 0 radical (unpaired) electrons. The lowest BCUT2D eigenvalue weighted by Crippen LogP contribution is -2.00. The van der Waals surface area contributed by atoms with E-state index in [1.807, 2.05) is 36.4 Å². The molecule has 57 heavy (non-hydrogen) atoms. The Bertz CT molecular complexity index is 3030. The summed E-state index contributed by atoms with van der Waals surface area (Å²) in [4.78, 5) is 10.3. The number of hydrogen-bond donors (Lipinski definition) is 0. The van der Waals surface area contributed by atoms with Gasteiger partial charge in [-0.15, -0.1) is 0 Å². The van der Waals surface area contributed by atoms with E-state index in [1.165, 1.54) is 33.0 Å². The summed E-state index contributed by atoms with van der Waals surface area (Å²) in [5.74, 6) is 1.62. The van der Waals surface area contributed by atoms with Gasteiger partial charge in [-0.3, -0.25) is 0 Å². The molecule has 4 heteroatoms. The lowest BCUT2D eigenvalue weighted by molar-refractivity contribution is 0.555. The number of allylic oxidation sites excluding steroid dienone is 1. The summed E-state index contributed by atoms with van der Waals surface area (Å²) in [6.45, 7) is 4.24. The van der Waals surface area contributed by atoms with E-state index >= 15 is 0 Å². The number of hydrogen-bond acceptors (Lipinski definition) is 3. The number of furan rings is 1. The molecule has 4 nitrogen and oxygen atoms in total. The summed E-state index contributed by atoms with van der Waals surface area (Å²) in [5.41, 5.74) is 14.8. The van der Waals surface area contributed by atoms with Gasteiger partial charge in [-0.1, -0.05) is 153 Å². The largest absolute Gasteiger partial charge is 0.460 e. The quantitative estimate of drug-likeness (QED) is 0.156. The second-order valence-corrected chi connectivity index (χ2v) is 14.4. The molecule has 7 aromatic carbocycles. The van der Waals surface area contributed by atoms with Crippen molar-refractivity contribution in [3.63, 3.8) is 0 Å². The maximum absolute atomic E-state index is 6.82. The van der Waals surface area contributed by atoms with E-state index in [-0.39, 0.29) is 0 Å². The summed E-state index contributed by atoms with van der Waals surface area (Å²) in [6, 6.07) is 64.2. The third-order valence-corrected chi connectivity index (χ3v) is 11.0. The van der Waals surface area contributed by atoms with Gasteiger partial charge in [-0.25, -0.2) is 9.97 Å². The number of aromatic nitrogens is 3. The molecule has 0 aliphatic rings. The van der Waals surface area contributed by atoms with Gasteiger partial charge >= 0.3 is 0 Å². The summed E-state index contributed by atoms with van der Waals surface area (Å²) in [6.07, 6.45) is 2.89. The molecule has 0 saturated carbocycles. The van der Waals surface area contributed by atoms with Gasteiger partial charge in [-0.05, 0) is 65.6 Å². The van der Waals surface area contributed by atoms with Crippen molar-refractivity contribution in [3.8, 4) is 50.6 Å². The molecule has 0 unspecified atom stereocenters. The van der Waals surface area contributed by atoms with Crippen LogP contribution in [0, 0.1) is 0 Å². The van der Waals surface area contributed by atoms with Crippen LogP contribution in [0.3, 0.4) is 0 Å². The van der Waals surface area contributed by atoms with E-state index in [9.17, 15) is 0 Å². The van der Waals surface area contributed by atoms with Gasteiger partial charge in [0, 0.05) is 56.6 Å². The molecule has 3 aromatic heterocycles. The number of aryl methyl sites for hydroxylation is 1. The van der Waals surface area contributed by atoms with Gasteiger partial charge in [-0.2, -0.15) is 0 Å². The second-order valence-electron chi connectivity index (χ2n) is 14.4. The Balaban J connectivity index is 1.15. The normalized spacial score (nSPS) is 11.9. The highest BCUT2D eigenvalue weighted by atomic mass is 16.3. The molecule has 0 fully saturated rings. The van der Waals surface area contributed by atoms with E-state index < -0.39 is 0 Å². The molecule has 0 spiro atoms. The Labute approximate surface area is 332 Å². The van der Waals surface area contributed by atoms with Crippen LogP contribution in [0.4, 0.5) is 0 Å². The smallest absolute Gasteiger partial charge is 0.160 e. The van der Waals surface area contributed by atoms with Crippen LogP contribution in [0.15, 0.2) is 192 Å². The molecule has 0 atom stereocenters. The van der Waals surface area contributed by atoms with E-state index in [1.54, 1.807) is 0 Å². The first-order chi connectivity index (χ1) is 28.2. The fourth-order valence-electron chi connectivity index (χ4n) is 8.22. The Morgan fingerprint density at radius 1 is 0.526 bits per heavy atom. The fraction of sp³-hybridized carbons (Fsp3) is 0.0566. The number of fused-ring (bicyclic) bond motifs is 4. The molecule has 0 amide bonds. The van der Waals surface area contributed by atoms with Crippen molar-refractivity contribution in [2.45, 2.75) is 20.3 Å². The van der Waals surface area contributed by atoms with E-state index in [0.717, 1.165) is 73.5 Å². The lowest BCUT2D eigenvalue weighted by atomic mass is 9.96. The third-order valence-electron chi connectivity index (χ3n) is 11.0. The van der Waals surface area contributed by atoms with Gasteiger partial charge in [0.05, 0.1) is 22.4 Å². The van der Waals surface area contributed by atoms with Crippen molar-refractivity contribution < 1.29 is 4.42 Å². The van der Waals surface area contributed by atoms with Gasteiger partial charge in [0.25, 0.3) is 0 Å². The SMILES string of the molecule is C/C=C(/c1cc(-c2ccccc2)nc(-c2ccccc2)n1)c1c(CC)oc2cc(-n3c4ccc(-c5ccccc5)cc4c4ccc(-c5ccccc5)cc43)ccc12. The van der Waals surface area contributed by atoms with Crippen LogP contribution in [0.25, 0.3) is 88.9 Å². The minimum absolute atomic E-state index is 0.691. The maximum atomic E-state index is 6.82. The van der Waals surface area contributed by atoms with Crippen LogP contribution in [-0.2, 0) is 6.42 Å². The minimum Gasteiger partial charge on any atom is -0.460 e. The number of nitrogens with zero attached hydrogens (tertiary/aromatic N) is 3. The lowest BCUT2D eigenvalue weighted by Gasteiger charge is -2.13. The minimum atomic E-state index is 0.691. The first kappa shape index (κ1) is 34.2. The van der Waals surface area contributed by atoms with Crippen molar-refractivity contribution in [1.82, 2.24) is 14.5 Å². The van der Waals surface area contributed by atoms with Gasteiger partial charge < -0.3 is 8.98 Å². The summed E-state index contributed by atoms with van der Waals surface area (Å²) in [5, 5.41) is 3.48. The monoisotopic (exact) mass is 733 g/mol. The fourth-order valence-corrected chi connectivity index (χ4v) is 8.22. The van der Waals surface area contributed by atoms with Gasteiger partial charge in [0.15, 0.2) is 5.82 Å². The molecule has 272 valence electrons. The first-order valence-electron chi connectivity index (χ1n) is 19.6. The first-order valence-corrected chi connectivity index (χ1v) is 19.6. The van der Waals surface area contributed by atoms with Crippen LogP contribution in [0.5, 0.6) is 0 Å². The predicted octanol–water partition coefficient (Wildman–Crippen LogP) is 14.0. The third kappa shape index (κ3) is 6.12. The summed E-state index contributed by atoms with van der Waals surface area (Å²) < 4.78 is 9.20. The summed E-state index contributed by atoms with van der Waals surface area (Å²) >= 11 is 0. The molecule has 0 N–H and O–H groups in total. The number of rotatable bonds is 8. The Hall–Kier alpha value is -7.30.